The van der Waals surface area contributed by atoms with E-state index in [0.717, 1.165) is 24.3 Å². The van der Waals surface area contributed by atoms with Gasteiger partial charge < -0.3 is 14.5 Å². The van der Waals surface area contributed by atoms with Crippen molar-refractivity contribution in [3.05, 3.63) is 24.3 Å². The van der Waals surface area contributed by atoms with Crippen molar-refractivity contribution in [2.24, 2.45) is 5.92 Å². The smallest absolute Gasteiger partial charge is 0.228 e. The lowest BCUT2D eigenvalue weighted by Gasteiger charge is -2.32. The van der Waals surface area contributed by atoms with Crippen LogP contribution in [0.5, 0.6) is 5.75 Å². The standard InChI is InChI=1S/C19H26N2O3/c1-20(15-7-4-3-5-8-15)19(23)14-11-18(22)21(13-14)16-9-6-10-17(12-16)24-2/h6,9-10,12,14-15H,3-5,7-8,11,13H2,1-2H3. The van der Waals surface area contributed by atoms with E-state index in [1.807, 2.05) is 36.2 Å². The fourth-order valence-corrected chi connectivity index (χ4v) is 3.84. The lowest BCUT2D eigenvalue weighted by molar-refractivity contribution is -0.137. The van der Waals surface area contributed by atoms with Crippen LogP contribution in [0, 0.1) is 5.92 Å². The minimum absolute atomic E-state index is 0.0126. The van der Waals surface area contributed by atoms with Crippen LogP contribution in [-0.4, -0.2) is 43.5 Å². The molecule has 130 valence electrons. The third-order valence-corrected chi connectivity index (χ3v) is 5.31. The summed E-state index contributed by atoms with van der Waals surface area (Å²) in [4.78, 5) is 28.8. The van der Waals surface area contributed by atoms with Crippen LogP contribution in [-0.2, 0) is 9.59 Å². The summed E-state index contributed by atoms with van der Waals surface area (Å²) in [6.45, 7) is 0.460. The first-order chi connectivity index (χ1) is 11.6. The highest BCUT2D eigenvalue weighted by Gasteiger charge is 2.38. The van der Waals surface area contributed by atoms with E-state index in [1.54, 1.807) is 12.0 Å². The number of rotatable bonds is 4. The van der Waals surface area contributed by atoms with Gasteiger partial charge >= 0.3 is 0 Å². The number of anilines is 1. The van der Waals surface area contributed by atoms with Gasteiger partial charge in [-0.1, -0.05) is 25.3 Å². The molecule has 1 heterocycles. The van der Waals surface area contributed by atoms with Gasteiger partial charge in [-0.25, -0.2) is 0 Å². The van der Waals surface area contributed by atoms with Gasteiger partial charge in [0.15, 0.2) is 0 Å². The summed E-state index contributed by atoms with van der Waals surface area (Å²) in [5.74, 6) is 0.601. The monoisotopic (exact) mass is 330 g/mol. The van der Waals surface area contributed by atoms with E-state index >= 15 is 0 Å². The lowest BCUT2D eigenvalue weighted by atomic mass is 9.93. The Morgan fingerprint density at radius 2 is 2.00 bits per heavy atom. The van der Waals surface area contributed by atoms with Gasteiger partial charge in [0.05, 0.1) is 13.0 Å². The van der Waals surface area contributed by atoms with Gasteiger partial charge in [-0.2, -0.15) is 0 Å². The maximum atomic E-state index is 12.8. The van der Waals surface area contributed by atoms with E-state index in [0.29, 0.717) is 19.0 Å². The number of amides is 2. The number of benzene rings is 1. The van der Waals surface area contributed by atoms with Gasteiger partial charge in [0.25, 0.3) is 0 Å². The molecule has 1 saturated carbocycles. The number of hydrogen-bond donors (Lipinski definition) is 0. The molecule has 2 aliphatic rings. The summed E-state index contributed by atoms with van der Waals surface area (Å²) < 4.78 is 5.23. The van der Waals surface area contributed by atoms with Crippen molar-refractivity contribution >= 4 is 17.5 Å². The second kappa shape index (κ2) is 7.24. The largest absolute Gasteiger partial charge is 0.497 e. The Bertz CT molecular complexity index is 610. The van der Waals surface area contributed by atoms with E-state index in [1.165, 1.54) is 19.3 Å². The molecule has 1 unspecified atom stereocenters. The predicted octanol–water partition coefficient (Wildman–Crippen LogP) is 2.84. The second-order valence-corrected chi connectivity index (χ2v) is 6.85. The first-order valence-electron chi connectivity index (χ1n) is 8.81. The second-order valence-electron chi connectivity index (χ2n) is 6.85. The summed E-state index contributed by atoms with van der Waals surface area (Å²) in [5.41, 5.74) is 0.801. The van der Waals surface area contributed by atoms with Crippen molar-refractivity contribution in [2.75, 3.05) is 25.6 Å². The Balaban J connectivity index is 1.68. The van der Waals surface area contributed by atoms with Crippen LogP contribution in [0.2, 0.25) is 0 Å². The summed E-state index contributed by atoms with van der Waals surface area (Å²) >= 11 is 0. The average Bonchev–Trinajstić information content (AvgIpc) is 3.03. The molecule has 1 aromatic rings. The van der Waals surface area contributed by atoms with E-state index in [4.69, 9.17) is 4.74 Å². The molecule has 5 nitrogen and oxygen atoms in total. The van der Waals surface area contributed by atoms with Gasteiger partial charge in [-0.05, 0) is 25.0 Å². The van der Waals surface area contributed by atoms with Crippen LogP contribution in [0.15, 0.2) is 24.3 Å². The van der Waals surface area contributed by atoms with Crippen molar-refractivity contribution in [3.8, 4) is 5.75 Å². The molecular formula is C19H26N2O3. The fourth-order valence-electron chi connectivity index (χ4n) is 3.84. The zero-order valence-corrected chi connectivity index (χ0v) is 14.5. The number of hydrogen-bond acceptors (Lipinski definition) is 3. The molecular weight excluding hydrogens is 304 g/mol. The van der Waals surface area contributed by atoms with Crippen LogP contribution in [0.1, 0.15) is 38.5 Å². The molecule has 1 aliphatic heterocycles. The van der Waals surface area contributed by atoms with Crippen molar-refractivity contribution in [1.82, 2.24) is 4.90 Å². The molecule has 0 spiro atoms. The molecule has 1 atom stereocenters. The molecule has 1 aromatic carbocycles. The van der Waals surface area contributed by atoms with Crippen molar-refractivity contribution in [2.45, 2.75) is 44.6 Å². The Morgan fingerprint density at radius 1 is 1.25 bits per heavy atom. The Kier molecular flexibility index (Phi) is 5.07. The van der Waals surface area contributed by atoms with Crippen LogP contribution in [0.25, 0.3) is 0 Å². The topological polar surface area (TPSA) is 49.9 Å². The minimum Gasteiger partial charge on any atom is -0.497 e. The minimum atomic E-state index is -0.240. The van der Waals surface area contributed by atoms with E-state index in [9.17, 15) is 9.59 Å². The first-order valence-corrected chi connectivity index (χ1v) is 8.81. The number of methoxy groups -OCH3 is 1. The van der Waals surface area contributed by atoms with Crippen LogP contribution in [0.4, 0.5) is 5.69 Å². The Hall–Kier alpha value is -2.04. The maximum absolute atomic E-state index is 12.8. The molecule has 2 amide bonds. The van der Waals surface area contributed by atoms with Crippen LogP contribution < -0.4 is 9.64 Å². The molecule has 1 saturated heterocycles. The van der Waals surface area contributed by atoms with Gasteiger partial charge in [0.1, 0.15) is 5.75 Å². The Labute approximate surface area is 143 Å². The molecule has 0 N–H and O–H groups in total. The molecule has 0 aromatic heterocycles. The van der Waals surface area contributed by atoms with Crippen molar-refractivity contribution in [3.63, 3.8) is 0 Å². The molecule has 5 heteroatoms. The molecule has 0 bridgehead atoms. The normalized spacial score (nSPS) is 21.8. The molecule has 1 aliphatic carbocycles. The summed E-state index contributed by atoms with van der Waals surface area (Å²) in [6.07, 6.45) is 6.13. The molecule has 0 radical (unpaired) electrons. The number of carbonyl (C=O) groups is 2. The quantitative estimate of drug-likeness (QED) is 0.853. The zero-order valence-electron chi connectivity index (χ0n) is 14.5. The zero-order chi connectivity index (χ0) is 17.1. The summed E-state index contributed by atoms with van der Waals surface area (Å²) in [7, 11) is 3.51. The van der Waals surface area contributed by atoms with Crippen LogP contribution >= 0.6 is 0 Å². The van der Waals surface area contributed by atoms with Gasteiger partial charge in [0.2, 0.25) is 11.8 Å². The number of carbonyl (C=O) groups excluding carboxylic acids is 2. The van der Waals surface area contributed by atoms with Gasteiger partial charge in [-0.3, -0.25) is 9.59 Å². The van der Waals surface area contributed by atoms with Crippen LogP contribution in [0.3, 0.4) is 0 Å². The predicted molar refractivity (Wildman–Crippen MR) is 93.1 cm³/mol. The highest BCUT2D eigenvalue weighted by Crippen LogP contribution is 2.30. The van der Waals surface area contributed by atoms with E-state index in [-0.39, 0.29) is 17.7 Å². The van der Waals surface area contributed by atoms with E-state index in [2.05, 4.69) is 0 Å². The van der Waals surface area contributed by atoms with Gasteiger partial charge in [0, 0.05) is 37.8 Å². The maximum Gasteiger partial charge on any atom is 0.228 e. The number of nitrogens with zero attached hydrogens (tertiary/aromatic N) is 2. The SMILES string of the molecule is COc1cccc(N2CC(C(=O)N(C)C3CCCCC3)CC2=O)c1. The highest BCUT2D eigenvalue weighted by atomic mass is 16.5. The average molecular weight is 330 g/mol. The van der Waals surface area contributed by atoms with E-state index < -0.39 is 0 Å². The molecule has 24 heavy (non-hydrogen) atoms. The Morgan fingerprint density at radius 3 is 2.71 bits per heavy atom. The number of ether oxygens (including phenoxy) is 1. The van der Waals surface area contributed by atoms with Crippen molar-refractivity contribution < 1.29 is 14.3 Å². The highest BCUT2D eigenvalue weighted by molar-refractivity contribution is 6.00. The molecule has 2 fully saturated rings. The third kappa shape index (κ3) is 3.40. The lowest BCUT2D eigenvalue weighted by Crippen LogP contribution is -2.42. The fraction of sp³-hybridized carbons (Fsp3) is 0.579. The first kappa shape index (κ1) is 16.8. The van der Waals surface area contributed by atoms with Gasteiger partial charge in [-0.15, -0.1) is 0 Å². The molecule has 3 rings (SSSR count). The summed E-state index contributed by atoms with van der Waals surface area (Å²) in [6, 6.07) is 7.79. The summed E-state index contributed by atoms with van der Waals surface area (Å²) in [5, 5.41) is 0. The van der Waals surface area contributed by atoms with Crippen molar-refractivity contribution in [1.29, 1.82) is 0 Å². The third-order valence-electron chi connectivity index (χ3n) is 5.31.